The Kier molecular flexibility index (Phi) is 2.76. The van der Waals surface area contributed by atoms with Gasteiger partial charge in [-0.3, -0.25) is 4.68 Å². The minimum Gasteiger partial charge on any atom is -0.396 e. The molecule has 0 amide bonds. The van der Waals surface area contributed by atoms with E-state index in [2.05, 4.69) is 10.1 Å². The van der Waals surface area contributed by atoms with Gasteiger partial charge in [0, 0.05) is 29.2 Å². The molecule has 2 aromatic heterocycles. The maximum absolute atomic E-state index is 13.3. The summed E-state index contributed by atoms with van der Waals surface area (Å²) < 4.78 is 41.3. The monoisotopic (exact) mass is 294 g/mol. The number of halogens is 3. The molecule has 0 saturated carbocycles. The van der Waals surface area contributed by atoms with Gasteiger partial charge in [-0.05, 0) is 19.1 Å². The van der Waals surface area contributed by atoms with E-state index in [0.29, 0.717) is 28.2 Å². The van der Waals surface area contributed by atoms with E-state index in [0.717, 1.165) is 6.07 Å². The van der Waals surface area contributed by atoms with Crippen LogP contribution in [0.15, 0.2) is 24.4 Å². The highest BCUT2D eigenvalue weighted by atomic mass is 19.4. The Morgan fingerprint density at radius 1 is 1.29 bits per heavy atom. The maximum Gasteiger partial charge on any atom is 0.417 e. The summed E-state index contributed by atoms with van der Waals surface area (Å²) in [7, 11) is 1.65. The van der Waals surface area contributed by atoms with Crippen LogP contribution in [0.25, 0.3) is 22.2 Å². The van der Waals surface area contributed by atoms with Crippen LogP contribution in [0.3, 0.4) is 0 Å². The molecule has 7 heteroatoms. The van der Waals surface area contributed by atoms with Crippen molar-refractivity contribution in [2.45, 2.75) is 13.1 Å². The number of hydrogen-bond acceptors (Lipinski definition) is 2. The fourth-order valence-electron chi connectivity index (χ4n) is 2.67. The molecule has 2 heterocycles. The fraction of sp³-hybridized carbons (Fsp3) is 0.214. The summed E-state index contributed by atoms with van der Waals surface area (Å²) in [5, 5.41) is 4.13. The molecule has 21 heavy (non-hydrogen) atoms. The van der Waals surface area contributed by atoms with Gasteiger partial charge >= 0.3 is 6.18 Å². The molecule has 0 bridgehead atoms. The zero-order valence-corrected chi connectivity index (χ0v) is 11.4. The number of aryl methyl sites for hydroxylation is 2. The number of anilines is 1. The van der Waals surface area contributed by atoms with Gasteiger partial charge < -0.3 is 10.7 Å². The molecule has 0 saturated heterocycles. The van der Waals surface area contributed by atoms with Crippen LogP contribution in [0.4, 0.5) is 18.9 Å². The maximum atomic E-state index is 13.3. The SMILES string of the molecule is Cc1[nH]c2cccc(C(F)(F)F)c2c1-c1c(N)cnn1C. The lowest BCUT2D eigenvalue weighted by atomic mass is 10.0. The van der Waals surface area contributed by atoms with Crippen LogP contribution in [0.1, 0.15) is 11.3 Å². The second-order valence-electron chi connectivity index (χ2n) is 4.92. The minimum atomic E-state index is -4.43. The summed E-state index contributed by atoms with van der Waals surface area (Å²) in [4.78, 5) is 2.99. The second kappa shape index (κ2) is 4.28. The van der Waals surface area contributed by atoms with Crippen LogP contribution in [-0.2, 0) is 13.2 Å². The number of fused-ring (bicyclic) bond motifs is 1. The summed E-state index contributed by atoms with van der Waals surface area (Å²) >= 11 is 0. The first-order chi connectivity index (χ1) is 9.80. The van der Waals surface area contributed by atoms with Crippen molar-refractivity contribution in [3.05, 3.63) is 35.7 Å². The van der Waals surface area contributed by atoms with Gasteiger partial charge in [0.25, 0.3) is 0 Å². The third-order valence-electron chi connectivity index (χ3n) is 3.52. The predicted molar refractivity (Wildman–Crippen MR) is 74.7 cm³/mol. The summed E-state index contributed by atoms with van der Waals surface area (Å²) in [6, 6.07) is 4.08. The van der Waals surface area contributed by atoms with Gasteiger partial charge in [-0.25, -0.2) is 0 Å². The Morgan fingerprint density at radius 3 is 2.57 bits per heavy atom. The molecular formula is C14H13F3N4. The van der Waals surface area contributed by atoms with E-state index >= 15 is 0 Å². The highest BCUT2D eigenvalue weighted by Crippen LogP contribution is 2.42. The smallest absolute Gasteiger partial charge is 0.396 e. The van der Waals surface area contributed by atoms with Crippen molar-refractivity contribution in [3.63, 3.8) is 0 Å². The Bertz CT molecular complexity index is 807. The normalized spacial score (nSPS) is 12.2. The quantitative estimate of drug-likeness (QED) is 0.722. The second-order valence-corrected chi connectivity index (χ2v) is 4.92. The van der Waals surface area contributed by atoms with Crippen LogP contribution < -0.4 is 5.73 Å². The first-order valence-corrected chi connectivity index (χ1v) is 6.27. The number of hydrogen-bond donors (Lipinski definition) is 2. The Morgan fingerprint density at radius 2 is 2.00 bits per heavy atom. The number of alkyl halides is 3. The van der Waals surface area contributed by atoms with Crippen molar-refractivity contribution in [1.82, 2.24) is 14.8 Å². The van der Waals surface area contributed by atoms with Crippen molar-refractivity contribution in [2.24, 2.45) is 7.05 Å². The van der Waals surface area contributed by atoms with E-state index in [1.165, 1.54) is 16.9 Å². The highest BCUT2D eigenvalue weighted by molar-refractivity contribution is 6.01. The van der Waals surface area contributed by atoms with Crippen molar-refractivity contribution in [1.29, 1.82) is 0 Å². The van der Waals surface area contributed by atoms with Gasteiger partial charge in [-0.15, -0.1) is 0 Å². The zero-order chi connectivity index (χ0) is 15.4. The molecule has 3 aromatic rings. The molecule has 1 aromatic carbocycles. The van der Waals surface area contributed by atoms with E-state index in [9.17, 15) is 13.2 Å². The molecule has 3 N–H and O–H groups in total. The van der Waals surface area contributed by atoms with Crippen LogP contribution in [0, 0.1) is 6.92 Å². The average Bonchev–Trinajstić information content (AvgIpc) is 2.87. The number of aromatic nitrogens is 3. The Balaban J connectivity index is 2.46. The molecule has 0 spiro atoms. The first kappa shape index (κ1) is 13.5. The number of nitrogen functional groups attached to an aromatic ring is 1. The zero-order valence-electron chi connectivity index (χ0n) is 11.4. The van der Waals surface area contributed by atoms with Gasteiger partial charge in [-0.1, -0.05) is 6.07 Å². The number of H-pyrrole nitrogens is 1. The lowest BCUT2D eigenvalue weighted by molar-refractivity contribution is -0.136. The van der Waals surface area contributed by atoms with Crippen molar-refractivity contribution in [3.8, 4) is 11.3 Å². The minimum absolute atomic E-state index is 0.123. The summed E-state index contributed by atoms with van der Waals surface area (Å²) in [6.45, 7) is 1.72. The molecule has 0 radical (unpaired) electrons. The Hall–Kier alpha value is -2.44. The lowest BCUT2D eigenvalue weighted by Gasteiger charge is -2.11. The topological polar surface area (TPSA) is 59.6 Å². The number of nitrogens with one attached hydrogen (secondary N) is 1. The van der Waals surface area contributed by atoms with E-state index in [1.807, 2.05) is 0 Å². The fourth-order valence-corrected chi connectivity index (χ4v) is 2.67. The predicted octanol–water partition coefficient (Wildman–Crippen LogP) is 3.48. The largest absolute Gasteiger partial charge is 0.417 e. The molecule has 3 rings (SSSR count). The van der Waals surface area contributed by atoms with Crippen molar-refractivity contribution >= 4 is 16.6 Å². The molecule has 4 nitrogen and oxygen atoms in total. The van der Waals surface area contributed by atoms with Crippen LogP contribution in [0.5, 0.6) is 0 Å². The van der Waals surface area contributed by atoms with Crippen molar-refractivity contribution < 1.29 is 13.2 Å². The molecule has 0 atom stereocenters. The van der Waals surface area contributed by atoms with Gasteiger partial charge in [0.05, 0.1) is 23.1 Å². The van der Waals surface area contributed by atoms with E-state index in [1.54, 1.807) is 20.0 Å². The number of aromatic amines is 1. The van der Waals surface area contributed by atoms with Gasteiger partial charge in [0.15, 0.2) is 0 Å². The summed E-state index contributed by atoms with van der Waals surface area (Å²) in [5.74, 6) is 0. The van der Waals surface area contributed by atoms with Crippen LogP contribution in [0.2, 0.25) is 0 Å². The number of nitrogens with zero attached hydrogens (tertiary/aromatic N) is 2. The van der Waals surface area contributed by atoms with Gasteiger partial charge in [0.2, 0.25) is 0 Å². The van der Waals surface area contributed by atoms with Gasteiger partial charge in [-0.2, -0.15) is 18.3 Å². The van der Waals surface area contributed by atoms with Crippen LogP contribution >= 0.6 is 0 Å². The van der Waals surface area contributed by atoms with Crippen molar-refractivity contribution in [2.75, 3.05) is 5.73 Å². The molecular weight excluding hydrogens is 281 g/mol. The highest BCUT2D eigenvalue weighted by Gasteiger charge is 2.34. The van der Waals surface area contributed by atoms with E-state index < -0.39 is 11.7 Å². The number of nitrogens with two attached hydrogens (primary N) is 1. The number of benzene rings is 1. The standard InChI is InChI=1S/C14H13F3N4/c1-7-11(13-9(18)6-19-21(13)2)12-8(14(15,16)17)4-3-5-10(12)20-7/h3-6,20H,18H2,1-2H3. The third kappa shape index (κ3) is 1.96. The first-order valence-electron chi connectivity index (χ1n) is 6.27. The molecule has 0 aliphatic rings. The molecule has 0 unspecified atom stereocenters. The number of rotatable bonds is 1. The van der Waals surface area contributed by atoms with E-state index in [4.69, 9.17) is 5.73 Å². The average molecular weight is 294 g/mol. The molecule has 0 aliphatic carbocycles. The summed E-state index contributed by atoms with van der Waals surface area (Å²) in [6.07, 6.45) is -3.00. The lowest BCUT2D eigenvalue weighted by Crippen LogP contribution is -2.06. The Labute approximate surface area is 118 Å². The van der Waals surface area contributed by atoms with Crippen LogP contribution in [-0.4, -0.2) is 14.8 Å². The third-order valence-corrected chi connectivity index (χ3v) is 3.52. The molecule has 0 fully saturated rings. The molecule has 110 valence electrons. The summed E-state index contributed by atoms with van der Waals surface area (Å²) in [5.41, 5.74) is 7.51. The molecule has 0 aliphatic heterocycles. The van der Waals surface area contributed by atoms with E-state index in [-0.39, 0.29) is 5.39 Å². The van der Waals surface area contributed by atoms with Gasteiger partial charge in [0.1, 0.15) is 0 Å².